The van der Waals surface area contributed by atoms with Crippen LogP contribution in [0.1, 0.15) is 13.8 Å². The van der Waals surface area contributed by atoms with Crippen LogP contribution < -0.4 is 5.32 Å². The predicted molar refractivity (Wildman–Crippen MR) is 56.2 cm³/mol. The van der Waals surface area contributed by atoms with E-state index in [-0.39, 0.29) is 16.9 Å². The Bertz CT molecular complexity index is 164. The van der Waals surface area contributed by atoms with Gasteiger partial charge in [-0.2, -0.15) is 11.8 Å². The maximum absolute atomic E-state index is 9.46. The highest BCUT2D eigenvalue weighted by molar-refractivity contribution is 7.99. The standard InChI is InChI=1S/C9H19NO2S/c1-9(2,13-3)6-10-7-4-12-5-8(7)11/h7-8,10-11H,4-6H2,1-3H3. The van der Waals surface area contributed by atoms with Gasteiger partial charge in [0.2, 0.25) is 0 Å². The number of rotatable bonds is 4. The molecule has 0 aliphatic carbocycles. The minimum Gasteiger partial charge on any atom is -0.389 e. The SMILES string of the molecule is CSC(C)(C)CNC1COCC1O. The summed E-state index contributed by atoms with van der Waals surface area (Å²) in [7, 11) is 0. The molecule has 13 heavy (non-hydrogen) atoms. The summed E-state index contributed by atoms with van der Waals surface area (Å²) in [6, 6.07) is 0.117. The van der Waals surface area contributed by atoms with Crippen molar-refractivity contribution >= 4 is 11.8 Å². The molecule has 0 aromatic carbocycles. The highest BCUT2D eigenvalue weighted by Gasteiger charge is 2.27. The molecule has 4 heteroatoms. The van der Waals surface area contributed by atoms with Crippen LogP contribution in [0.15, 0.2) is 0 Å². The lowest BCUT2D eigenvalue weighted by Gasteiger charge is -2.25. The molecule has 1 fully saturated rings. The van der Waals surface area contributed by atoms with Crippen molar-refractivity contribution in [3.63, 3.8) is 0 Å². The summed E-state index contributed by atoms with van der Waals surface area (Å²) in [6.45, 7) is 6.38. The number of nitrogens with one attached hydrogen (secondary N) is 1. The summed E-state index contributed by atoms with van der Waals surface area (Å²) >= 11 is 1.83. The molecule has 0 saturated carbocycles. The molecule has 1 heterocycles. The second-order valence-corrected chi connectivity index (χ2v) is 5.57. The van der Waals surface area contributed by atoms with Crippen LogP contribution in [0.5, 0.6) is 0 Å². The molecule has 3 nitrogen and oxygen atoms in total. The summed E-state index contributed by atoms with van der Waals surface area (Å²) in [5.74, 6) is 0. The molecular formula is C9H19NO2S. The fraction of sp³-hybridized carbons (Fsp3) is 1.00. The molecular weight excluding hydrogens is 186 g/mol. The average Bonchev–Trinajstić information content (AvgIpc) is 2.48. The predicted octanol–water partition coefficient (Wildman–Crippen LogP) is 0.477. The van der Waals surface area contributed by atoms with E-state index in [9.17, 15) is 5.11 Å². The van der Waals surface area contributed by atoms with Gasteiger partial charge in [-0.25, -0.2) is 0 Å². The van der Waals surface area contributed by atoms with E-state index in [1.165, 1.54) is 0 Å². The Morgan fingerprint density at radius 2 is 2.23 bits per heavy atom. The van der Waals surface area contributed by atoms with Crippen molar-refractivity contribution in [3.8, 4) is 0 Å². The zero-order valence-electron chi connectivity index (χ0n) is 8.54. The van der Waals surface area contributed by atoms with Gasteiger partial charge in [-0.3, -0.25) is 0 Å². The lowest BCUT2D eigenvalue weighted by Crippen LogP contribution is -2.44. The van der Waals surface area contributed by atoms with E-state index in [2.05, 4.69) is 25.4 Å². The maximum atomic E-state index is 9.46. The first-order chi connectivity index (χ1) is 6.05. The molecule has 0 amide bonds. The van der Waals surface area contributed by atoms with Crippen molar-refractivity contribution < 1.29 is 9.84 Å². The summed E-state index contributed by atoms with van der Waals surface area (Å²) in [5.41, 5.74) is 0. The summed E-state index contributed by atoms with van der Waals surface area (Å²) < 4.78 is 5.37. The first-order valence-electron chi connectivity index (χ1n) is 4.59. The van der Waals surface area contributed by atoms with Gasteiger partial charge < -0.3 is 15.2 Å². The van der Waals surface area contributed by atoms with Gasteiger partial charge in [-0.05, 0) is 20.1 Å². The lowest BCUT2D eigenvalue weighted by atomic mass is 10.1. The monoisotopic (exact) mass is 205 g/mol. The lowest BCUT2D eigenvalue weighted by molar-refractivity contribution is 0.122. The summed E-state index contributed by atoms with van der Waals surface area (Å²) in [4.78, 5) is 0. The van der Waals surface area contributed by atoms with Crippen molar-refractivity contribution in [1.82, 2.24) is 5.32 Å². The Morgan fingerprint density at radius 1 is 1.54 bits per heavy atom. The van der Waals surface area contributed by atoms with Crippen LogP contribution in [0.25, 0.3) is 0 Å². The number of aliphatic hydroxyl groups excluding tert-OH is 1. The van der Waals surface area contributed by atoms with Crippen molar-refractivity contribution in [2.24, 2.45) is 0 Å². The average molecular weight is 205 g/mol. The van der Waals surface area contributed by atoms with Gasteiger partial charge in [0.15, 0.2) is 0 Å². The van der Waals surface area contributed by atoms with Crippen molar-refractivity contribution in [1.29, 1.82) is 0 Å². The van der Waals surface area contributed by atoms with E-state index < -0.39 is 0 Å². The molecule has 0 aromatic heterocycles. The third-order valence-electron chi connectivity index (χ3n) is 2.39. The van der Waals surface area contributed by atoms with E-state index in [0.29, 0.717) is 13.2 Å². The number of hydrogen-bond donors (Lipinski definition) is 2. The van der Waals surface area contributed by atoms with Gasteiger partial charge >= 0.3 is 0 Å². The minimum atomic E-state index is -0.336. The highest BCUT2D eigenvalue weighted by Crippen LogP contribution is 2.20. The van der Waals surface area contributed by atoms with Crippen LogP contribution >= 0.6 is 11.8 Å². The fourth-order valence-electron chi connectivity index (χ4n) is 1.19. The number of thioether (sulfide) groups is 1. The minimum absolute atomic E-state index is 0.117. The Morgan fingerprint density at radius 3 is 2.69 bits per heavy atom. The van der Waals surface area contributed by atoms with Crippen LogP contribution in [-0.4, -0.2) is 48.0 Å². The van der Waals surface area contributed by atoms with E-state index in [1.54, 1.807) is 0 Å². The third kappa shape index (κ3) is 3.46. The van der Waals surface area contributed by atoms with Crippen molar-refractivity contribution in [3.05, 3.63) is 0 Å². The molecule has 0 aromatic rings. The normalized spacial score (nSPS) is 29.5. The molecule has 78 valence electrons. The molecule has 0 bridgehead atoms. The molecule has 1 aliphatic rings. The molecule has 1 aliphatic heterocycles. The molecule has 0 spiro atoms. The van der Waals surface area contributed by atoms with Gasteiger partial charge in [0.1, 0.15) is 0 Å². The molecule has 2 atom stereocenters. The quantitative estimate of drug-likeness (QED) is 0.700. The van der Waals surface area contributed by atoms with Crippen molar-refractivity contribution in [2.45, 2.75) is 30.7 Å². The highest BCUT2D eigenvalue weighted by atomic mass is 32.2. The largest absolute Gasteiger partial charge is 0.389 e. The Kier molecular flexibility index (Phi) is 4.04. The van der Waals surface area contributed by atoms with Crippen molar-refractivity contribution in [2.75, 3.05) is 26.0 Å². The Hall–Kier alpha value is 0.230. The number of ether oxygens (including phenoxy) is 1. The van der Waals surface area contributed by atoms with E-state index in [1.807, 2.05) is 11.8 Å². The first-order valence-corrected chi connectivity index (χ1v) is 5.82. The van der Waals surface area contributed by atoms with Crippen LogP contribution in [0, 0.1) is 0 Å². The number of hydrogen-bond acceptors (Lipinski definition) is 4. The van der Waals surface area contributed by atoms with Crippen LogP contribution in [0.4, 0.5) is 0 Å². The first kappa shape index (κ1) is 11.3. The molecule has 1 rings (SSSR count). The number of aliphatic hydroxyl groups is 1. The van der Waals surface area contributed by atoms with E-state index >= 15 is 0 Å². The topological polar surface area (TPSA) is 41.5 Å². The van der Waals surface area contributed by atoms with E-state index in [4.69, 9.17) is 4.74 Å². The van der Waals surface area contributed by atoms with Gasteiger partial charge in [0, 0.05) is 11.3 Å². The molecule has 2 N–H and O–H groups in total. The summed E-state index contributed by atoms with van der Waals surface area (Å²) in [6.07, 6.45) is 1.76. The zero-order valence-corrected chi connectivity index (χ0v) is 9.36. The third-order valence-corrected chi connectivity index (χ3v) is 3.64. The smallest absolute Gasteiger partial charge is 0.0948 e. The molecule has 1 saturated heterocycles. The maximum Gasteiger partial charge on any atom is 0.0948 e. The second kappa shape index (κ2) is 4.64. The molecule has 0 radical (unpaired) electrons. The molecule has 2 unspecified atom stereocenters. The van der Waals surface area contributed by atoms with Crippen LogP contribution in [-0.2, 0) is 4.74 Å². The van der Waals surface area contributed by atoms with Crippen LogP contribution in [0.2, 0.25) is 0 Å². The van der Waals surface area contributed by atoms with Gasteiger partial charge in [0.05, 0.1) is 25.4 Å². The van der Waals surface area contributed by atoms with Gasteiger partial charge in [-0.1, -0.05) is 0 Å². The van der Waals surface area contributed by atoms with Gasteiger partial charge in [0.25, 0.3) is 0 Å². The van der Waals surface area contributed by atoms with Gasteiger partial charge in [-0.15, -0.1) is 0 Å². The zero-order chi connectivity index (χ0) is 9.90. The second-order valence-electron chi connectivity index (χ2n) is 4.06. The summed E-state index contributed by atoms with van der Waals surface area (Å²) in [5, 5.41) is 12.8. The fourth-order valence-corrected chi connectivity index (χ4v) is 1.41. The van der Waals surface area contributed by atoms with Crippen LogP contribution in [0.3, 0.4) is 0 Å². The Labute approximate surface area is 84.2 Å². The Balaban J connectivity index is 2.25. The van der Waals surface area contributed by atoms with E-state index in [0.717, 1.165) is 6.54 Å².